The first kappa shape index (κ1) is 15.5. The smallest absolute Gasteiger partial charge is 0.241 e. The summed E-state index contributed by atoms with van der Waals surface area (Å²) in [6.45, 7) is 5.72. The Morgan fingerprint density at radius 2 is 1.67 bits per heavy atom. The summed E-state index contributed by atoms with van der Waals surface area (Å²) in [5.41, 5.74) is 9.61. The molecule has 2 aromatic carbocycles. The van der Waals surface area contributed by atoms with Gasteiger partial charge in [-0.25, -0.2) is 13.1 Å². The molecular formula is C16H20N2O2S. The number of nitrogens with one attached hydrogen (secondary N) is 1. The molecule has 0 aliphatic heterocycles. The molecule has 0 fully saturated rings. The fourth-order valence-corrected chi connectivity index (χ4v) is 3.81. The van der Waals surface area contributed by atoms with Gasteiger partial charge in [0.15, 0.2) is 0 Å². The van der Waals surface area contributed by atoms with Gasteiger partial charge in [-0.3, -0.25) is 0 Å². The second kappa shape index (κ2) is 5.87. The molecule has 0 saturated heterocycles. The van der Waals surface area contributed by atoms with Crippen LogP contribution in [0.4, 0.5) is 5.69 Å². The number of hydrogen-bond acceptors (Lipinski definition) is 3. The fourth-order valence-electron chi connectivity index (χ4n) is 2.31. The molecule has 112 valence electrons. The molecule has 0 radical (unpaired) electrons. The van der Waals surface area contributed by atoms with Gasteiger partial charge in [-0.1, -0.05) is 30.3 Å². The highest BCUT2D eigenvalue weighted by Gasteiger charge is 2.20. The fraction of sp³-hybridized carbons (Fsp3) is 0.250. The zero-order chi connectivity index (χ0) is 15.6. The first-order chi connectivity index (χ1) is 9.83. The van der Waals surface area contributed by atoms with Crippen LogP contribution in [0.2, 0.25) is 0 Å². The van der Waals surface area contributed by atoms with Crippen LogP contribution in [0, 0.1) is 20.8 Å². The second-order valence-corrected chi connectivity index (χ2v) is 6.88. The molecule has 0 atom stereocenters. The van der Waals surface area contributed by atoms with Crippen molar-refractivity contribution in [2.45, 2.75) is 32.2 Å². The summed E-state index contributed by atoms with van der Waals surface area (Å²) in [6, 6.07) is 11.2. The molecule has 4 nitrogen and oxygen atoms in total. The van der Waals surface area contributed by atoms with Crippen molar-refractivity contribution < 1.29 is 8.42 Å². The third-order valence-corrected chi connectivity index (χ3v) is 5.32. The average molecular weight is 304 g/mol. The Morgan fingerprint density at radius 3 is 2.33 bits per heavy atom. The van der Waals surface area contributed by atoms with Gasteiger partial charge < -0.3 is 5.73 Å². The van der Waals surface area contributed by atoms with E-state index in [2.05, 4.69) is 4.72 Å². The Labute approximate surface area is 126 Å². The van der Waals surface area contributed by atoms with E-state index in [1.807, 2.05) is 31.2 Å². The Bertz CT molecular complexity index is 768. The van der Waals surface area contributed by atoms with Gasteiger partial charge in [0, 0.05) is 12.2 Å². The van der Waals surface area contributed by atoms with Crippen molar-refractivity contribution in [1.82, 2.24) is 4.72 Å². The highest BCUT2D eigenvalue weighted by Crippen LogP contribution is 2.24. The summed E-state index contributed by atoms with van der Waals surface area (Å²) in [5, 5.41) is 0. The van der Waals surface area contributed by atoms with Crippen LogP contribution in [0.3, 0.4) is 0 Å². The van der Waals surface area contributed by atoms with Crippen molar-refractivity contribution in [2.75, 3.05) is 5.73 Å². The number of nitrogen functional groups attached to an aromatic ring is 1. The molecule has 0 heterocycles. The maximum Gasteiger partial charge on any atom is 0.241 e. The number of nitrogens with two attached hydrogens (primary N) is 1. The summed E-state index contributed by atoms with van der Waals surface area (Å²) in [4.78, 5) is 0.274. The van der Waals surface area contributed by atoms with Crippen molar-refractivity contribution in [3.8, 4) is 0 Å². The van der Waals surface area contributed by atoms with Crippen LogP contribution in [0.5, 0.6) is 0 Å². The predicted molar refractivity (Wildman–Crippen MR) is 85.5 cm³/mol. The SMILES string of the molecule is Cc1ccccc1CNS(=O)(=O)c1c(C)ccc(N)c1C. The van der Waals surface area contributed by atoms with E-state index in [0.29, 0.717) is 16.8 Å². The van der Waals surface area contributed by atoms with Gasteiger partial charge in [-0.15, -0.1) is 0 Å². The van der Waals surface area contributed by atoms with Crippen LogP contribution in [-0.4, -0.2) is 8.42 Å². The van der Waals surface area contributed by atoms with Crippen LogP contribution < -0.4 is 10.5 Å². The van der Waals surface area contributed by atoms with E-state index < -0.39 is 10.0 Å². The summed E-state index contributed by atoms with van der Waals surface area (Å²) >= 11 is 0. The molecule has 0 saturated carbocycles. The van der Waals surface area contributed by atoms with E-state index in [-0.39, 0.29) is 11.4 Å². The average Bonchev–Trinajstić information content (AvgIpc) is 2.42. The van der Waals surface area contributed by atoms with Crippen LogP contribution in [0.25, 0.3) is 0 Å². The Hall–Kier alpha value is -1.85. The quantitative estimate of drug-likeness (QED) is 0.853. The maximum absolute atomic E-state index is 12.5. The van der Waals surface area contributed by atoms with Crippen LogP contribution >= 0.6 is 0 Å². The summed E-state index contributed by atoms with van der Waals surface area (Å²) in [6.07, 6.45) is 0. The molecular weight excluding hydrogens is 284 g/mol. The molecule has 2 aromatic rings. The van der Waals surface area contributed by atoms with Gasteiger partial charge in [-0.05, 0) is 49.1 Å². The third kappa shape index (κ3) is 3.25. The lowest BCUT2D eigenvalue weighted by Gasteiger charge is -2.14. The molecule has 3 N–H and O–H groups in total. The number of anilines is 1. The van der Waals surface area contributed by atoms with Gasteiger partial charge in [0.25, 0.3) is 0 Å². The highest BCUT2D eigenvalue weighted by molar-refractivity contribution is 7.89. The van der Waals surface area contributed by atoms with Gasteiger partial charge in [0.1, 0.15) is 0 Å². The largest absolute Gasteiger partial charge is 0.398 e. The lowest BCUT2D eigenvalue weighted by atomic mass is 10.1. The summed E-state index contributed by atoms with van der Waals surface area (Å²) in [5.74, 6) is 0. The van der Waals surface area contributed by atoms with E-state index in [0.717, 1.165) is 11.1 Å². The zero-order valence-electron chi connectivity index (χ0n) is 12.5. The van der Waals surface area contributed by atoms with Gasteiger partial charge in [0.2, 0.25) is 10.0 Å². The highest BCUT2D eigenvalue weighted by atomic mass is 32.2. The number of benzene rings is 2. The molecule has 0 aliphatic carbocycles. The monoisotopic (exact) mass is 304 g/mol. The molecule has 2 rings (SSSR count). The third-order valence-electron chi connectivity index (χ3n) is 3.63. The van der Waals surface area contributed by atoms with Crippen molar-refractivity contribution in [3.05, 3.63) is 58.7 Å². The lowest BCUT2D eigenvalue weighted by Crippen LogP contribution is -2.25. The minimum absolute atomic E-state index is 0.267. The molecule has 0 bridgehead atoms. The number of hydrogen-bond donors (Lipinski definition) is 2. The van der Waals surface area contributed by atoms with Gasteiger partial charge in [0.05, 0.1) is 4.90 Å². The van der Waals surface area contributed by atoms with Crippen LogP contribution in [0.15, 0.2) is 41.3 Å². The molecule has 0 aromatic heterocycles. The Kier molecular flexibility index (Phi) is 4.34. The van der Waals surface area contributed by atoms with E-state index in [1.165, 1.54) is 0 Å². The van der Waals surface area contributed by atoms with Crippen LogP contribution in [-0.2, 0) is 16.6 Å². The Balaban J connectivity index is 2.32. The summed E-state index contributed by atoms with van der Waals surface area (Å²) < 4.78 is 27.7. The molecule has 0 unspecified atom stereocenters. The lowest BCUT2D eigenvalue weighted by molar-refractivity contribution is 0.580. The Morgan fingerprint density at radius 1 is 1.00 bits per heavy atom. The van der Waals surface area contributed by atoms with Crippen molar-refractivity contribution in [3.63, 3.8) is 0 Å². The summed E-state index contributed by atoms with van der Waals surface area (Å²) in [7, 11) is -3.59. The van der Waals surface area contributed by atoms with Crippen molar-refractivity contribution in [2.24, 2.45) is 0 Å². The molecule has 0 aliphatic rings. The van der Waals surface area contributed by atoms with Gasteiger partial charge >= 0.3 is 0 Å². The van der Waals surface area contributed by atoms with Crippen molar-refractivity contribution >= 4 is 15.7 Å². The van der Waals surface area contributed by atoms with E-state index in [9.17, 15) is 8.42 Å². The minimum Gasteiger partial charge on any atom is -0.398 e. The number of aryl methyl sites for hydroxylation is 2. The minimum atomic E-state index is -3.59. The van der Waals surface area contributed by atoms with E-state index in [4.69, 9.17) is 5.73 Å². The molecule has 5 heteroatoms. The standard InChI is InChI=1S/C16H20N2O2S/c1-11-6-4-5-7-14(11)10-18-21(19,20)16-12(2)8-9-15(17)13(16)3/h4-9,18H,10,17H2,1-3H3. The maximum atomic E-state index is 12.5. The number of rotatable bonds is 4. The van der Waals surface area contributed by atoms with Crippen molar-refractivity contribution in [1.29, 1.82) is 0 Å². The zero-order valence-corrected chi connectivity index (χ0v) is 13.3. The first-order valence-electron chi connectivity index (χ1n) is 6.73. The normalized spacial score (nSPS) is 11.6. The molecule has 21 heavy (non-hydrogen) atoms. The predicted octanol–water partition coefficient (Wildman–Crippen LogP) is 2.67. The van der Waals surface area contributed by atoms with Crippen LogP contribution in [0.1, 0.15) is 22.3 Å². The number of sulfonamides is 1. The molecule has 0 amide bonds. The molecule has 0 spiro atoms. The van der Waals surface area contributed by atoms with Gasteiger partial charge in [-0.2, -0.15) is 0 Å². The second-order valence-electron chi connectivity index (χ2n) is 5.18. The van der Waals surface area contributed by atoms with E-state index >= 15 is 0 Å². The van der Waals surface area contributed by atoms with E-state index in [1.54, 1.807) is 26.0 Å². The topological polar surface area (TPSA) is 72.2 Å². The first-order valence-corrected chi connectivity index (χ1v) is 8.21.